The molecule has 15 heavy (non-hydrogen) atoms. The van der Waals surface area contributed by atoms with Gasteiger partial charge in [0.2, 0.25) is 0 Å². The number of nitrogen functional groups attached to an aromatic ring is 1. The summed E-state index contributed by atoms with van der Waals surface area (Å²) in [6.45, 7) is 5.93. The Morgan fingerprint density at radius 2 is 1.93 bits per heavy atom. The maximum atomic E-state index is 11.9. The topological polar surface area (TPSA) is 43.1 Å². The Labute approximate surface area is 102 Å². The van der Waals surface area contributed by atoms with Crippen LogP contribution in [0.15, 0.2) is 22.7 Å². The molecule has 1 atom stereocenters. The summed E-state index contributed by atoms with van der Waals surface area (Å²) >= 11 is 3.37. The van der Waals surface area contributed by atoms with Gasteiger partial charge in [-0.05, 0) is 44.5 Å². The molecule has 0 amide bonds. The molecule has 0 fully saturated rings. The fourth-order valence-electron chi connectivity index (χ4n) is 1.13. The lowest BCUT2D eigenvalue weighted by molar-refractivity contribution is 0.648. The zero-order chi connectivity index (χ0) is 11.6. The lowest BCUT2D eigenvalue weighted by atomic mass is 10.2. The number of halogens is 1. The average Bonchev–Trinajstić information content (AvgIpc) is 1.99. The molecule has 0 saturated heterocycles. The number of hydrogen-bond donors (Lipinski definition) is 1. The van der Waals surface area contributed by atoms with Gasteiger partial charge < -0.3 is 5.73 Å². The van der Waals surface area contributed by atoms with Crippen LogP contribution in [0.5, 0.6) is 0 Å². The molecule has 2 nitrogen and oxygen atoms in total. The molecule has 0 spiro atoms. The Morgan fingerprint density at radius 3 is 2.40 bits per heavy atom. The Morgan fingerprint density at radius 1 is 1.33 bits per heavy atom. The predicted octanol–water partition coefficient (Wildman–Crippen LogP) is 3.08. The van der Waals surface area contributed by atoms with Crippen molar-refractivity contribution in [2.24, 2.45) is 0 Å². The highest BCUT2D eigenvalue weighted by Gasteiger charge is 2.19. The third-order valence-corrected chi connectivity index (χ3v) is 4.38. The van der Waals surface area contributed by atoms with E-state index in [0.29, 0.717) is 11.4 Å². The van der Waals surface area contributed by atoms with Crippen molar-refractivity contribution >= 4 is 32.4 Å². The van der Waals surface area contributed by atoms with Gasteiger partial charge in [-0.3, -0.25) is 4.21 Å². The summed E-state index contributed by atoms with van der Waals surface area (Å²) < 4.78 is 12.7. The molecule has 0 aliphatic heterocycles. The lowest BCUT2D eigenvalue weighted by Crippen LogP contribution is -2.22. The SMILES string of the molecule is CC(C)(C)S(=O)Cc1cc(N)cc(Br)c1. The van der Waals surface area contributed by atoms with E-state index >= 15 is 0 Å². The maximum Gasteiger partial charge on any atom is 0.0492 e. The van der Waals surface area contributed by atoms with Crippen molar-refractivity contribution in [3.05, 3.63) is 28.2 Å². The van der Waals surface area contributed by atoms with Gasteiger partial charge >= 0.3 is 0 Å². The second-order valence-corrected chi connectivity index (χ2v) is 7.62. The number of nitrogens with two attached hydrogens (primary N) is 1. The van der Waals surface area contributed by atoms with E-state index in [1.165, 1.54) is 0 Å². The smallest absolute Gasteiger partial charge is 0.0492 e. The van der Waals surface area contributed by atoms with Crippen LogP contribution >= 0.6 is 15.9 Å². The van der Waals surface area contributed by atoms with Crippen LogP contribution in [0, 0.1) is 0 Å². The molecule has 2 N–H and O–H groups in total. The molecular weight excluding hydrogens is 274 g/mol. The molecule has 1 rings (SSSR count). The molecule has 84 valence electrons. The minimum atomic E-state index is -0.881. The van der Waals surface area contributed by atoms with Gasteiger partial charge in [0.1, 0.15) is 0 Å². The first kappa shape index (κ1) is 12.7. The molecule has 0 aliphatic carbocycles. The average molecular weight is 290 g/mol. The van der Waals surface area contributed by atoms with Crippen molar-refractivity contribution in [1.82, 2.24) is 0 Å². The largest absolute Gasteiger partial charge is 0.399 e. The van der Waals surface area contributed by atoms with Crippen LogP contribution in [0.25, 0.3) is 0 Å². The number of hydrogen-bond acceptors (Lipinski definition) is 2. The first-order chi connectivity index (χ1) is 6.79. The van der Waals surface area contributed by atoms with Gasteiger partial charge in [-0.15, -0.1) is 0 Å². The quantitative estimate of drug-likeness (QED) is 0.851. The van der Waals surface area contributed by atoms with Crippen LogP contribution in [-0.2, 0) is 16.6 Å². The van der Waals surface area contributed by atoms with Crippen LogP contribution in [-0.4, -0.2) is 8.96 Å². The molecule has 0 heterocycles. The molecule has 0 aliphatic rings. The highest BCUT2D eigenvalue weighted by molar-refractivity contribution is 9.10. The van der Waals surface area contributed by atoms with E-state index in [1.807, 2.05) is 39.0 Å². The van der Waals surface area contributed by atoms with E-state index in [0.717, 1.165) is 10.0 Å². The summed E-state index contributed by atoms with van der Waals surface area (Å²) in [5.41, 5.74) is 7.42. The van der Waals surface area contributed by atoms with Crippen LogP contribution in [0.3, 0.4) is 0 Å². The van der Waals surface area contributed by atoms with Crippen LogP contribution < -0.4 is 5.73 Å². The summed E-state index contributed by atoms with van der Waals surface area (Å²) in [7, 11) is -0.881. The summed E-state index contributed by atoms with van der Waals surface area (Å²) in [4.78, 5) is 0. The van der Waals surface area contributed by atoms with Gasteiger partial charge in [0.05, 0.1) is 0 Å². The fourth-order valence-corrected chi connectivity index (χ4v) is 2.59. The molecular formula is C11H16BrNOS. The predicted molar refractivity (Wildman–Crippen MR) is 70.2 cm³/mol. The van der Waals surface area contributed by atoms with Crippen molar-refractivity contribution in [1.29, 1.82) is 0 Å². The first-order valence-corrected chi connectivity index (χ1v) is 6.83. The van der Waals surface area contributed by atoms with Gasteiger partial charge in [0.25, 0.3) is 0 Å². The first-order valence-electron chi connectivity index (χ1n) is 4.72. The monoisotopic (exact) mass is 289 g/mol. The van der Waals surface area contributed by atoms with Crippen LogP contribution in [0.1, 0.15) is 26.3 Å². The maximum absolute atomic E-state index is 11.9. The van der Waals surface area contributed by atoms with Gasteiger partial charge in [-0.1, -0.05) is 15.9 Å². The Hall–Kier alpha value is -0.350. The minimum absolute atomic E-state index is 0.183. The van der Waals surface area contributed by atoms with Crippen molar-refractivity contribution in [3.8, 4) is 0 Å². The van der Waals surface area contributed by atoms with Crippen molar-refractivity contribution < 1.29 is 4.21 Å². The summed E-state index contributed by atoms with van der Waals surface area (Å²) in [6.07, 6.45) is 0. The highest BCUT2D eigenvalue weighted by Crippen LogP contribution is 2.21. The van der Waals surface area contributed by atoms with Crippen molar-refractivity contribution in [2.75, 3.05) is 5.73 Å². The van der Waals surface area contributed by atoms with Crippen molar-refractivity contribution in [2.45, 2.75) is 31.3 Å². The van der Waals surface area contributed by atoms with E-state index in [9.17, 15) is 4.21 Å². The summed E-state index contributed by atoms with van der Waals surface area (Å²) in [5.74, 6) is 0.549. The van der Waals surface area contributed by atoms with E-state index < -0.39 is 10.8 Å². The van der Waals surface area contributed by atoms with E-state index in [2.05, 4.69) is 15.9 Å². The van der Waals surface area contributed by atoms with Gasteiger partial charge in [-0.2, -0.15) is 0 Å². The van der Waals surface area contributed by atoms with Gasteiger partial charge in [0.15, 0.2) is 0 Å². The van der Waals surface area contributed by atoms with E-state index in [-0.39, 0.29) is 4.75 Å². The highest BCUT2D eigenvalue weighted by atomic mass is 79.9. The molecule has 0 saturated carbocycles. The Bertz CT molecular complexity index is 364. The zero-order valence-corrected chi connectivity index (χ0v) is 11.6. The molecule has 0 bridgehead atoms. The molecule has 4 heteroatoms. The number of anilines is 1. The summed E-state index contributed by atoms with van der Waals surface area (Å²) in [6, 6.07) is 5.66. The lowest BCUT2D eigenvalue weighted by Gasteiger charge is -2.17. The second-order valence-electron chi connectivity index (χ2n) is 4.50. The molecule has 1 aromatic rings. The molecule has 0 radical (unpaired) electrons. The molecule has 1 unspecified atom stereocenters. The van der Waals surface area contributed by atoms with Gasteiger partial charge in [0, 0.05) is 31.5 Å². The van der Waals surface area contributed by atoms with E-state index in [4.69, 9.17) is 5.73 Å². The Balaban J connectivity index is 2.86. The summed E-state index contributed by atoms with van der Waals surface area (Å²) in [5, 5.41) is 0. The number of rotatable bonds is 2. The van der Waals surface area contributed by atoms with E-state index in [1.54, 1.807) is 0 Å². The van der Waals surface area contributed by atoms with Crippen molar-refractivity contribution in [3.63, 3.8) is 0 Å². The minimum Gasteiger partial charge on any atom is -0.399 e. The fraction of sp³-hybridized carbons (Fsp3) is 0.455. The number of benzene rings is 1. The standard InChI is InChI=1S/C11H16BrNOS/c1-11(2,3)15(14)7-8-4-9(12)6-10(13)5-8/h4-6H,7,13H2,1-3H3. The normalized spacial score (nSPS) is 13.9. The Kier molecular flexibility index (Phi) is 3.95. The molecule has 1 aromatic carbocycles. The van der Waals surface area contributed by atoms with Gasteiger partial charge in [-0.25, -0.2) is 0 Å². The van der Waals surface area contributed by atoms with Crippen LogP contribution in [0.2, 0.25) is 0 Å². The zero-order valence-electron chi connectivity index (χ0n) is 9.21. The second kappa shape index (κ2) is 4.66. The third kappa shape index (κ3) is 3.95. The molecule has 0 aromatic heterocycles. The van der Waals surface area contributed by atoms with Crippen LogP contribution in [0.4, 0.5) is 5.69 Å². The third-order valence-electron chi connectivity index (χ3n) is 1.96.